The maximum absolute atomic E-state index is 10.9. The molecule has 0 radical (unpaired) electrons. The maximum Gasteiger partial charge on any atom is 0.100 e. The van der Waals surface area contributed by atoms with Gasteiger partial charge in [0.15, 0.2) is 0 Å². The summed E-state index contributed by atoms with van der Waals surface area (Å²) in [7, 11) is 0. The number of hydrogen-bond acceptors (Lipinski definition) is 3. The van der Waals surface area contributed by atoms with Gasteiger partial charge in [-0.3, -0.25) is 0 Å². The Labute approximate surface area is 294 Å². The summed E-state index contributed by atoms with van der Waals surface area (Å²) in [5, 5.41) is 31.2. The van der Waals surface area contributed by atoms with Gasteiger partial charge in [0.25, 0.3) is 0 Å². The molecule has 0 N–H and O–H groups in total. The van der Waals surface area contributed by atoms with Gasteiger partial charge in [0.2, 0.25) is 0 Å². The molecule has 2 aliphatic rings. The molecule has 5 aromatic carbocycles. The summed E-state index contributed by atoms with van der Waals surface area (Å²) >= 11 is 0. The number of nitriles is 3. The zero-order chi connectivity index (χ0) is 34.6. The highest BCUT2D eigenvalue weighted by molar-refractivity contribution is 5.86. The molecule has 1 atom stereocenters. The Morgan fingerprint density at radius 2 is 1.30 bits per heavy atom. The number of allylic oxidation sites excluding steroid dienone is 8. The van der Waals surface area contributed by atoms with Gasteiger partial charge in [0, 0.05) is 17.1 Å². The zero-order valence-corrected chi connectivity index (χ0v) is 28.2. The van der Waals surface area contributed by atoms with Crippen molar-refractivity contribution in [3.63, 3.8) is 0 Å². The van der Waals surface area contributed by atoms with Crippen molar-refractivity contribution < 1.29 is 0 Å². The van der Waals surface area contributed by atoms with Crippen LogP contribution in [0, 0.1) is 47.8 Å². The minimum atomic E-state index is -0.205. The summed E-state index contributed by atoms with van der Waals surface area (Å²) < 4.78 is 0. The molecule has 3 heteroatoms. The van der Waals surface area contributed by atoms with Gasteiger partial charge in [-0.25, -0.2) is 0 Å². The lowest BCUT2D eigenvalue weighted by molar-refractivity contribution is 0.859. The smallest absolute Gasteiger partial charge is 0.100 e. The molecule has 0 saturated carbocycles. The van der Waals surface area contributed by atoms with Crippen LogP contribution in [0.15, 0.2) is 139 Å². The highest BCUT2D eigenvalue weighted by Crippen LogP contribution is 2.43. The zero-order valence-electron chi connectivity index (χ0n) is 28.2. The van der Waals surface area contributed by atoms with Crippen LogP contribution in [-0.4, -0.2) is 0 Å². The van der Waals surface area contributed by atoms with Crippen LogP contribution in [-0.2, 0) is 0 Å². The van der Waals surface area contributed by atoms with E-state index in [1.807, 2.05) is 42.5 Å². The Morgan fingerprint density at radius 1 is 0.600 bits per heavy atom. The molecule has 3 nitrogen and oxygen atoms in total. The SMILES string of the molecule is Cc1cc(C)cc(-c2cccc(-c3cc(-c4cc(C#N)cc(C5=CCCC=C5)c4)c(C#N)c(C4C=C(C#N)C=C(c5ccccc5)C4)c3)c2)c1. The summed E-state index contributed by atoms with van der Waals surface area (Å²) in [5.41, 5.74) is 15.0. The van der Waals surface area contributed by atoms with Crippen LogP contribution in [0.25, 0.3) is 44.5 Å². The Morgan fingerprint density at radius 3 is 1.98 bits per heavy atom. The summed E-state index contributed by atoms with van der Waals surface area (Å²) in [5.74, 6) is -0.205. The van der Waals surface area contributed by atoms with E-state index in [4.69, 9.17) is 0 Å². The Bertz CT molecular complexity index is 2380. The molecule has 0 aliphatic heterocycles. The lowest BCUT2D eigenvalue weighted by atomic mass is 9.78. The number of benzene rings is 5. The molecular weight excluding hydrogens is 607 g/mol. The predicted octanol–water partition coefficient (Wildman–Crippen LogP) is 11.8. The maximum atomic E-state index is 10.9. The number of aryl methyl sites for hydroxylation is 2. The highest BCUT2D eigenvalue weighted by atomic mass is 14.3. The molecule has 0 heterocycles. The van der Waals surface area contributed by atoms with Crippen molar-refractivity contribution >= 4 is 11.1 Å². The minimum absolute atomic E-state index is 0.205. The molecule has 0 amide bonds. The van der Waals surface area contributed by atoms with E-state index < -0.39 is 0 Å². The Hall–Kier alpha value is -6.47. The van der Waals surface area contributed by atoms with E-state index in [-0.39, 0.29) is 5.92 Å². The molecule has 0 bridgehead atoms. The quantitative estimate of drug-likeness (QED) is 0.185. The van der Waals surface area contributed by atoms with Gasteiger partial charge in [-0.2, -0.15) is 15.8 Å². The van der Waals surface area contributed by atoms with E-state index in [0.29, 0.717) is 23.1 Å². The fourth-order valence-corrected chi connectivity index (χ4v) is 7.27. The van der Waals surface area contributed by atoms with Crippen LogP contribution >= 0.6 is 0 Å². The molecule has 1 unspecified atom stereocenters. The van der Waals surface area contributed by atoms with E-state index in [1.165, 1.54) is 11.1 Å². The van der Waals surface area contributed by atoms with Gasteiger partial charge < -0.3 is 0 Å². The van der Waals surface area contributed by atoms with Crippen molar-refractivity contribution in [2.45, 2.75) is 39.0 Å². The van der Waals surface area contributed by atoms with E-state index in [2.05, 4.69) is 123 Å². The normalized spacial score (nSPS) is 15.2. The third-order valence-corrected chi connectivity index (χ3v) is 9.56. The van der Waals surface area contributed by atoms with Crippen molar-refractivity contribution in [1.29, 1.82) is 15.8 Å². The fourth-order valence-electron chi connectivity index (χ4n) is 7.27. The monoisotopic (exact) mass is 641 g/mol. The largest absolute Gasteiger partial charge is 0.192 e. The lowest BCUT2D eigenvalue weighted by Crippen LogP contribution is -2.07. The fraction of sp³-hybridized carbons (Fsp3) is 0.128. The first kappa shape index (κ1) is 32.1. The average Bonchev–Trinajstić information content (AvgIpc) is 3.17. The van der Waals surface area contributed by atoms with Crippen LogP contribution in [0.1, 0.15) is 64.1 Å². The third kappa shape index (κ3) is 6.62. The van der Waals surface area contributed by atoms with E-state index >= 15 is 0 Å². The van der Waals surface area contributed by atoms with E-state index in [9.17, 15) is 15.8 Å². The second kappa shape index (κ2) is 13.9. The second-order valence-corrected chi connectivity index (χ2v) is 13.2. The van der Waals surface area contributed by atoms with Crippen molar-refractivity contribution in [2.75, 3.05) is 0 Å². The van der Waals surface area contributed by atoms with Gasteiger partial charge >= 0.3 is 0 Å². The predicted molar refractivity (Wildman–Crippen MR) is 203 cm³/mol. The standard InChI is InChI=1S/C47H35N3/c1-31-16-32(2)18-39(17-31)37-14-9-15-38(23-37)42-26-45(43-21-33(28-48)19-40(24-43)35-10-5-3-6-11-35)47(30-50)46(27-42)44-22-34(29-49)20-41(25-44)36-12-7-4-8-13-36/h3,5-7,9-23,25-27,43H,4,8,24H2,1-2H3. The number of nitrogens with zero attached hydrogens (tertiary/aromatic N) is 3. The summed E-state index contributed by atoms with van der Waals surface area (Å²) in [6.07, 6.45) is 13.0. The molecule has 5 aromatic rings. The second-order valence-electron chi connectivity index (χ2n) is 13.2. The minimum Gasteiger partial charge on any atom is -0.192 e. The van der Waals surface area contributed by atoms with Crippen LogP contribution in [0.4, 0.5) is 0 Å². The molecule has 0 aromatic heterocycles. The molecule has 0 spiro atoms. The van der Waals surface area contributed by atoms with Crippen LogP contribution < -0.4 is 0 Å². The van der Waals surface area contributed by atoms with Gasteiger partial charge in [0.1, 0.15) is 6.07 Å². The van der Waals surface area contributed by atoms with Crippen molar-refractivity contribution in [3.8, 4) is 51.6 Å². The summed E-state index contributed by atoms with van der Waals surface area (Å²) in [6.45, 7) is 4.24. The number of rotatable bonds is 6. The van der Waals surface area contributed by atoms with Crippen molar-refractivity contribution in [1.82, 2.24) is 0 Å². The lowest BCUT2D eigenvalue weighted by Gasteiger charge is -2.24. The first-order valence-corrected chi connectivity index (χ1v) is 17.0. The molecule has 238 valence electrons. The van der Waals surface area contributed by atoms with E-state index in [0.717, 1.165) is 74.1 Å². The van der Waals surface area contributed by atoms with Crippen molar-refractivity contribution in [3.05, 3.63) is 178 Å². The summed E-state index contributed by atoms with van der Waals surface area (Å²) in [6, 6.07) is 42.7. The Balaban J connectivity index is 1.45. The van der Waals surface area contributed by atoms with Gasteiger partial charge in [-0.15, -0.1) is 0 Å². The van der Waals surface area contributed by atoms with Gasteiger partial charge in [-0.05, 0) is 131 Å². The molecular formula is C47H35N3. The third-order valence-electron chi connectivity index (χ3n) is 9.56. The van der Waals surface area contributed by atoms with Gasteiger partial charge in [0.05, 0.1) is 23.3 Å². The van der Waals surface area contributed by atoms with E-state index in [1.54, 1.807) is 0 Å². The topological polar surface area (TPSA) is 71.4 Å². The average molecular weight is 642 g/mol. The van der Waals surface area contributed by atoms with Gasteiger partial charge in [-0.1, -0.05) is 102 Å². The molecule has 0 saturated heterocycles. The number of hydrogen-bond donors (Lipinski definition) is 0. The van der Waals surface area contributed by atoms with Crippen LogP contribution in [0.3, 0.4) is 0 Å². The molecule has 50 heavy (non-hydrogen) atoms. The van der Waals surface area contributed by atoms with Crippen molar-refractivity contribution in [2.24, 2.45) is 0 Å². The Kier molecular flexibility index (Phi) is 8.95. The molecule has 2 aliphatic carbocycles. The van der Waals surface area contributed by atoms with Crippen LogP contribution in [0.2, 0.25) is 0 Å². The molecule has 0 fully saturated rings. The highest BCUT2D eigenvalue weighted by Gasteiger charge is 2.25. The summed E-state index contributed by atoms with van der Waals surface area (Å²) in [4.78, 5) is 0. The first-order chi connectivity index (χ1) is 24.4. The van der Waals surface area contributed by atoms with Crippen LogP contribution in [0.5, 0.6) is 0 Å². The first-order valence-electron chi connectivity index (χ1n) is 17.0. The molecule has 7 rings (SSSR count).